The normalized spacial score (nSPS) is 10.3. The molecule has 2 N–H and O–H groups in total. The zero-order valence-electron chi connectivity index (χ0n) is 11.4. The number of aliphatic hydroxyl groups is 1. The van der Waals surface area contributed by atoms with Crippen LogP contribution in [-0.2, 0) is 0 Å². The monoisotopic (exact) mass is 274 g/mol. The van der Waals surface area contributed by atoms with Crippen molar-refractivity contribution < 1.29 is 9.90 Å². The van der Waals surface area contributed by atoms with E-state index in [1.54, 1.807) is 12.4 Å². The number of hydrogen-bond acceptors (Lipinski definition) is 4. The van der Waals surface area contributed by atoms with Crippen LogP contribution in [0.1, 0.15) is 6.92 Å². The average Bonchev–Trinajstić information content (AvgIpc) is 3.00. The molecular formula is C14H18N4O2. The van der Waals surface area contributed by atoms with Crippen LogP contribution in [0.2, 0.25) is 0 Å². The standard InChI is InChI=1S/C14H18N4O2/c1-2-17(9-10-19)13-5-3-12(4-6-13)16-14(20)18-8-7-15-11-18/h3-8,11,19H,2,9-10H2,1H3,(H,16,20). The van der Waals surface area contributed by atoms with Gasteiger partial charge in [-0.3, -0.25) is 4.57 Å². The van der Waals surface area contributed by atoms with E-state index in [4.69, 9.17) is 5.11 Å². The summed E-state index contributed by atoms with van der Waals surface area (Å²) in [5.74, 6) is 0. The third-order valence-corrected chi connectivity index (χ3v) is 2.97. The molecule has 0 saturated carbocycles. The quantitative estimate of drug-likeness (QED) is 0.872. The van der Waals surface area contributed by atoms with Gasteiger partial charge in [0.1, 0.15) is 6.33 Å². The molecule has 0 radical (unpaired) electrons. The summed E-state index contributed by atoms with van der Waals surface area (Å²) in [6, 6.07) is 7.26. The number of imidazole rings is 1. The highest BCUT2D eigenvalue weighted by molar-refractivity contribution is 5.91. The lowest BCUT2D eigenvalue weighted by Gasteiger charge is -2.22. The molecule has 0 spiro atoms. The molecule has 0 saturated heterocycles. The Morgan fingerprint density at radius 2 is 2.15 bits per heavy atom. The van der Waals surface area contributed by atoms with Crippen molar-refractivity contribution >= 4 is 17.4 Å². The second-order valence-electron chi connectivity index (χ2n) is 4.25. The maximum Gasteiger partial charge on any atom is 0.331 e. The Kier molecular flexibility index (Phi) is 4.73. The second kappa shape index (κ2) is 6.72. The minimum absolute atomic E-state index is 0.118. The third-order valence-electron chi connectivity index (χ3n) is 2.97. The third kappa shape index (κ3) is 3.36. The van der Waals surface area contributed by atoms with Crippen LogP contribution in [0.5, 0.6) is 0 Å². The minimum atomic E-state index is -0.252. The van der Waals surface area contributed by atoms with Crippen LogP contribution in [0, 0.1) is 0 Å². The van der Waals surface area contributed by atoms with E-state index >= 15 is 0 Å². The molecule has 2 aromatic rings. The average molecular weight is 274 g/mol. The lowest BCUT2D eigenvalue weighted by Crippen LogP contribution is -2.26. The van der Waals surface area contributed by atoms with E-state index < -0.39 is 0 Å². The van der Waals surface area contributed by atoms with Gasteiger partial charge in [-0.25, -0.2) is 9.78 Å². The van der Waals surface area contributed by atoms with Gasteiger partial charge in [0.15, 0.2) is 0 Å². The maximum absolute atomic E-state index is 11.8. The summed E-state index contributed by atoms with van der Waals surface area (Å²) in [6.07, 6.45) is 4.59. The number of benzene rings is 1. The van der Waals surface area contributed by atoms with Crippen molar-refractivity contribution in [3.63, 3.8) is 0 Å². The smallest absolute Gasteiger partial charge is 0.331 e. The molecule has 0 fully saturated rings. The zero-order valence-corrected chi connectivity index (χ0v) is 11.4. The molecule has 1 aromatic heterocycles. The molecule has 0 aliphatic rings. The fourth-order valence-electron chi connectivity index (χ4n) is 1.91. The Morgan fingerprint density at radius 3 is 2.70 bits per heavy atom. The molecule has 0 atom stereocenters. The zero-order chi connectivity index (χ0) is 14.4. The van der Waals surface area contributed by atoms with Gasteiger partial charge in [0.2, 0.25) is 0 Å². The molecule has 2 rings (SSSR count). The lowest BCUT2D eigenvalue weighted by molar-refractivity contribution is 0.253. The van der Waals surface area contributed by atoms with Gasteiger partial charge in [0, 0.05) is 36.9 Å². The summed E-state index contributed by atoms with van der Waals surface area (Å²) in [4.78, 5) is 17.7. The first kappa shape index (κ1) is 14.1. The fraction of sp³-hybridized carbons (Fsp3) is 0.286. The van der Waals surface area contributed by atoms with Crippen molar-refractivity contribution in [3.8, 4) is 0 Å². The molecule has 0 bridgehead atoms. The van der Waals surface area contributed by atoms with Gasteiger partial charge in [-0.1, -0.05) is 0 Å². The molecule has 0 aliphatic heterocycles. The maximum atomic E-state index is 11.8. The second-order valence-corrected chi connectivity index (χ2v) is 4.25. The summed E-state index contributed by atoms with van der Waals surface area (Å²) in [5, 5.41) is 11.8. The molecule has 0 aliphatic carbocycles. The van der Waals surface area contributed by atoms with Gasteiger partial charge >= 0.3 is 6.03 Å². The van der Waals surface area contributed by atoms with E-state index in [0.29, 0.717) is 12.2 Å². The van der Waals surface area contributed by atoms with Crippen LogP contribution < -0.4 is 10.2 Å². The largest absolute Gasteiger partial charge is 0.395 e. The molecule has 20 heavy (non-hydrogen) atoms. The van der Waals surface area contributed by atoms with Crippen LogP contribution in [0.15, 0.2) is 43.0 Å². The Balaban J connectivity index is 2.03. The van der Waals surface area contributed by atoms with E-state index in [0.717, 1.165) is 12.2 Å². The van der Waals surface area contributed by atoms with Gasteiger partial charge in [0.25, 0.3) is 0 Å². The lowest BCUT2D eigenvalue weighted by atomic mass is 10.2. The summed E-state index contributed by atoms with van der Waals surface area (Å²) < 4.78 is 1.37. The molecular weight excluding hydrogens is 256 g/mol. The van der Waals surface area contributed by atoms with E-state index in [-0.39, 0.29) is 12.6 Å². The highest BCUT2D eigenvalue weighted by atomic mass is 16.3. The number of likely N-dealkylation sites (N-methyl/N-ethyl adjacent to an activating group) is 1. The number of nitrogens with one attached hydrogen (secondary N) is 1. The minimum Gasteiger partial charge on any atom is -0.395 e. The van der Waals surface area contributed by atoms with Gasteiger partial charge in [-0.15, -0.1) is 0 Å². The van der Waals surface area contributed by atoms with E-state index in [1.807, 2.05) is 31.2 Å². The summed E-state index contributed by atoms with van der Waals surface area (Å²) in [7, 11) is 0. The van der Waals surface area contributed by atoms with Crippen molar-refractivity contribution in [1.29, 1.82) is 0 Å². The molecule has 0 unspecified atom stereocenters. The molecule has 6 heteroatoms. The number of hydrogen-bond donors (Lipinski definition) is 2. The number of anilines is 2. The van der Waals surface area contributed by atoms with Gasteiger partial charge in [0.05, 0.1) is 6.61 Å². The van der Waals surface area contributed by atoms with Crippen LogP contribution in [0.4, 0.5) is 16.2 Å². The van der Waals surface area contributed by atoms with Crippen LogP contribution >= 0.6 is 0 Å². The molecule has 1 amide bonds. The van der Waals surface area contributed by atoms with Gasteiger partial charge < -0.3 is 15.3 Å². The first-order chi connectivity index (χ1) is 9.74. The van der Waals surface area contributed by atoms with E-state index in [9.17, 15) is 4.79 Å². The predicted molar refractivity (Wildman–Crippen MR) is 78.1 cm³/mol. The first-order valence-electron chi connectivity index (χ1n) is 6.49. The Labute approximate surface area is 117 Å². The number of carbonyl (C=O) groups excluding carboxylic acids is 1. The summed E-state index contributed by atoms with van der Waals surface area (Å²) in [5.41, 5.74) is 1.73. The Bertz CT molecular complexity index is 537. The number of nitrogens with zero attached hydrogens (tertiary/aromatic N) is 3. The summed E-state index contributed by atoms with van der Waals surface area (Å²) >= 11 is 0. The highest BCUT2D eigenvalue weighted by Gasteiger charge is 2.06. The Hall–Kier alpha value is -2.34. The van der Waals surface area contributed by atoms with Crippen LogP contribution in [0.25, 0.3) is 0 Å². The van der Waals surface area contributed by atoms with E-state index in [2.05, 4.69) is 15.2 Å². The molecule has 1 aromatic carbocycles. The highest BCUT2D eigenvalue weighted by Crippen LogP contribution is 2.17. The number of amides is 1. The first-order valence-corrected chi connectivity index (χ1v) is 6.49. The predicted octanol–water partition coefficient (Wildman–Crippen LogP) is 1.78. The van der Waals surface area contributed by atoms with Crippen molar-refractivity contribution in [3.05, 3.63) is 43.0 Å². The fourth-order valence-corrected chi connectivity index (χ4v) is 1.91. The van der Waals surface area contributed by atoms with Crippen molar-refractivity contribution in [1.82, 2.24) is 9.55 Å². The SMILES string of the molecule is CCN(CCO)c1ccc(NC(=O)n2ccnc2)cc1. The van der Waals surface area contributed by atoms with Crippen LogP contribution in [-0.4, -0.2) is 40.4 Å². The van der Waals surface area contributed by atoms with Gasteiger partial charge in [-0.2, -0.15) is 0 Å². The van der Waals surface area contributed by atoms with Crippen molar-refractivity contribution in [2.75, 3.05) is 29.9 Å². The molecule has 6 nitrogen and oxygen atoms in total. The van der Waals surface area contributed by atoms with Crippen molar-refractivity contribution in [2.45, 2.75) is 6.92 Å². The number of carbonyl (C=O) groups is 1. The summed E-state index contributed by atoms with van der Waals surface area (Å²) in [6.45, 7) is 3.57. The van der Waals surface area contributed by atoms with Gasteiger partial charge in [-0.05, 0) is 31.2 Å². The number of aliphatic hydroxyl groups excluding tert-OH is 1. The topological polar surface area (TPSA) is 70.4 Å². The van der Waals surface area contributed by atoms with Crippen molar-refractivity contribution in [2.24, 2.45) is 0 Å². The Morgan fingerprint density at radius 1 is 1.40 bits per heavy atom. The van der Waals surface area contributed by atoms with E-state index in [1.165, 1.54) is 10.9 Å². The molecule has 1 heterocycles. The van der Waals surface area contributed by atoms with Crippen LogP contribution in [0.3, 0.4) is 0 Å². The molecule has 106 valence electrons. The number of aromatic nitrogens is 2. The number of rotatable bonds is 5.